The first-order chi connectivity index (χ1) is 39.7. The molecule has 1 aromatic heterocycles. The van der Waals surface area contributed by atoms with E-state index in [1.807, 2.05) is 0 Å². The van der Waals surface area contributed by atoms with Crippen molar-refractivity contribution in [2.45, 2.75) is 72.1 Å². The standard InChI is InChI=1S/C78H69N3/c1-54-44-76(63-21-17-20-62(45-63)59-30-28-58(29-31-59)57-18-5-4-6-19-57)79-51-75(54)74-27-12-11-26-73(74)66-47-64(71-24-9-7-22-69(71)60-32-36-67(37-33-60)80-52-77(49-55(80)2)40-13-14-41-77)46-65(48-66)72-25-10-8-23-70(72)61-34-38-68(39-35-61)81-53-78(50-56(81)3)42-15-16-43-78/h4-12,17-39,44-51H,13-16,40-43,52-53H2,1-3H3. The van der Waals surface area contributed by atoms with Crippen LogP contribution in [0, 0.1) is 17.8 Å². The number of pyridine rings is 1. The summed E-state index contributed by atoms with van der Waals surface area (Å²) in [5, 5.41) is 0. The summed E-state index contributed by atoms with van der Waals surface area (Å²) >= 11 is 0. The first-order valence-corrected chi connectivity index (χ1v) is 29.6. The van der Waals surface area contributed by atoms with E-state index >= 15 is 0 Å². The maximum Gasteiger partial charge on any atom is 0.0705 e. The summed E-state index contributed by atoms with van der Waals surface area (Å²) in [6.07, 6.45) is 17.8. The van der Waals surface area contributed by atoms with Crippen LogP contribution in [-0.4, -0.2) is 18.1 Å². The van der Waals surface area contributed by atoms with E-state index in [2.05, 4.69) is 273 Å². The molecule has 0 amide bonds. The molecule has 9 aromatic carbocycles. The highest BCUT2D eigenvalue weighted by atomic mass is 15.2. The predicted octanol–water partition coefficient (Wildman–Crippen LogP) is 21.0. The van der Waals surface area contributed by atoms with Crippen molar-refractivity contribution in [2.75, 3.05) is 22.9 Å². The number of aromatic nitrogens is 1. The van der Waals surface area contributed by atoms with Crippen molar-refractivity contribution in [1.29, 1.82) is 0 Å². The number of anilines is 2. The summed E-state index contributed by atoms with van der Waals surface area (Å²) in [4.78, 5) is 10.3. The Hall–Kier alpha value is -8.79. The Kier molecular flexibility index (Phi) is 13.1. The smallest absolute Gasteiger partial charge is 0.0705 e. The maximum absolute atomic E-state index is 5.23. The molecule has 3 nitrogen and oxygen atoms in total. The zero-order valence-electron chi connectivity index (χ0n) is 47.0. The normalized spacial score (nSPS) is 16.1. The van der Waals surface area contributed by atoms with Crippen molar-refractivity contribution < 1.29 is 0 Å². The highest BCUT2D eigenvalue weighted by Gasteiger charge is 2.40. The van der Waals surface area contributed by atoms with E-state index in [1.165, 1.54) is 152 Å². The number of hydrogen-bond donors (Lipinski definition) is 0. The predicted molar refractivity (Wildman–Crippen MR) is 342 cm³/mol. The first kappa shape index (κ1) is 50.4. The molecule has 3 heterocycles. The van der Waals surface area contributed by atoms with Gasteiger partial charge in [0.2, 0.25) is 0 Å². The molecule has 0 saturated heterocycles. The van der Waals surface area contributed by atoms with Gasteiger partial charge in [0.15, 0.2) is 0 Å². The van der Waals surface area contributed by atoms with Crippen LogP contribution in [0.1, 0.15) is 70.8 Å². The molecule has 0 unspecified atom stereocenters. The van der Waals surface area contributed by atoms with E-state index in [4.69, 9.17) is 4.98 Å². The number of rotatable bonds is 11. The Morgan fingerprint density at radius 2 is 0.667 bits per heavy atom. The number of nitrogens with zero attached hydrogens (tertiary/aromatic N) is 3. The summed E-state index contributed by atoms with van der Waals surface area (Å²) in [6.45, 7) is 9.00. The molecule has 2 fully saturated rings. The lowest BCUT2D eigenvalue weighted by atomic mass is 9.86. The first-order valence-electron chi connectivity index (χ1n) is 29.6. The molecule has 10 aromatic rings. The van der Waals surface area contributed by atoms with Crippen molar-refractivity contribution in [3.63, 3.8) is 0 Å². The van der Waals surface area contributed by atoms with Crippen molar-refractivity contribution >= 4 is 11.4 Å². The summed E-state index contributed by atoms with van der Waals surface area (Å²) in [5.74, 6) is 0. The minimum atomic E-state index is 0.338. The molecule has 0 bridgehead atoms. The van der Waals surface area contributed by atoms with Gasteiger partial charge in [0.25, 0.3) is 0 Å². The van der Waals surface area contributed by atoms with Crippen LogP contribution in [-0.2, 0) is 0 Å². The molecule has 396 valence electrons. The highest BCUT2D eigenvalue weighted by Crippen LogP contribution is 2.49. The Bertz CT molecular complexity index is 3870. The molecule has 2 aliphatic carbocycles. The number of hydrogen-bond acceptors (Lipinski definition) is 3. The number of benzene rings is 9. The van der Waals surface area contributed by atoms with Crippen molar-refractivity contribution in [3.8, 4) is 100 Å². The Balaban J connectivity index is 0.836. The third-order valence-corrected chi connectivity index (χ3v) is 18.5. The molecule has 3 heteroatoms. The molecule has 2 spiro atoms. The summed E-state index contributed by atoms with van der Waals surface area (Å²) in [5.41, 5.74) is 28.3. The third-order valence-electron chi connectivity index (χ3n) is 18.5. The van der Waals surface area contributed by atoms with Gasteiger partial charge in [-0.3, -0.25) is 4.98 Å². The Labute approximate surface area is 479 Å². The summed E-state index contributed by atoms with van der Waals surface area (Å²) in [6, 6.07) is 83.4. The van der Waals surface area contributed by atoms with Crippen molar-refractivity contribution in [1.82, 2.24) is 4.98 Å². The van der Waals surface area contributed by atoms with E-state index in [0.29, 0.717) is 10.8 Å². The molecule has 2 aliphatic heterocycles. The topological polar surface area (TPSA) is 19.4 Å². The molecule has 0 N–H and O–H groups in total. The second-order valence-electron chi connectivity index (χ2n) is 23.8. The van der Waals surface area contributed by atoms with Gasteiger partial charge in [-0.1, -0.05) is 208 Å². The average Bonchev–Trinajstić information content (AvgIpc) is 4.35. The fourth-order valence-corrected chi connectivity index (χ4v) is 14.4. The van der Waals surface area contributed by atoms with Gasteiger partial charge < -0.3 is 9.80 Å². The quantitative estimate of drug-likeness (QED) is 0.129. The van der Waals surface area contributed by atoms with Gasteiger partial charge in [-0.05, 0) is 190 Å². The van der Waals surface area contributed by atoms with Crippen LogP contribution in [0.2, 0.25) is 0 Å². The zero-order valence-corrected chi connectivity index (χ0v) is 47.0. The van der Waals surface area contributed by atoms with Crippen LogP contribution in [0.25, 0.3) is 100 Å². The lowest BCUT2D eigenvalue weighted by Gasteiger charge is -2.26. The van der Waals surface area contributed by atoms with E-state index in [-0.39, 0.29) is 0 Å². The molecule has 0 atom stereocenters. The van der Waals surface area contributed by atoms with Gasteiger partial charge in [0.05, 0.1) is 5.69 Å². The van der Waals surface area contributed by atoms with Gasteiger partial charge in [0.1, 0.15) is 0 Å². The van der Waals surface area contributed by atoms with E-state index in [0.717, 1.165) is 41.0 Å². The summed E-state index contributed by atoms with van der Waals surface area (Å²) in [7, 11) is 0. The van der Waals surface area contributed by atoms with Crippen LogP contribution < -0.4 is 9.80 Å². The SMILES string of the molecule is CC1=CC2(CCCC2)CN1c1ccc(-c2ccccc2-c2cc(-c3ccccc3-c3ccc(N4CC5(C=C4C)CCCC5)cc3)cc(-c3ccccc3-c3cnc(-c4cccc(-c5ccc(-c6ccccc6)cc5)c4)cc3C)c2)cc1. The molecule has 81 heavy (non-hydrogen) atoms. The lowest BCUT2D eigenvalue weighted by molar-refractivity contribution is 0.427. The van der Waals surface area contributed by atoms with Crippen LogP contribution in [0.5, 0.6) is 0 Å². The van der Waals surface area contributed by atoms with Crippen LogP contribution in [0.3, 0.4) is 0 Å². The van der Waals surface area contributed by atoms with Gasteiger partial charge in [-0.25, -0.2) is 0 Å². The minimum absolute atomic E-state index is 0.338. The van der Waals surface area contributed by atoms with E-state index in [9.17, 15) is 0 Å². The number of allylic oxidation sites excluding steroid dienone is 2. The van der Waals surface area contributed by atoms with Crippen LogP contribution >= 0.6 is 0 Å². The van der Waals surface area contributed by atoms with Gasteiger partial charge >= 0.3 is 0 Å². The number of aryl methyl sites for hydroxylation is 1. The van der Waals surface area contributed by atoms with E-state index < -0.39 is 0 Å². The molecular formula is C78H69N3. The molecular weight excluding hydrogens is 979 g/mol. The fourth-order valence-electron chi connectivity index (χ4n) is 14.4. The molecule has 4 aliphatic rings. The van der Waals surface area contributed by atoms with Gasteiger partial charge in [-0.15, -0.1) is 0 Å². The highest BCUT2D eigenvalue weighted by molar-refractivity contribution is 5.95. The van der Waals surface area contributed by atoms with Crippen molar-refractivity contribution in [2.24, 2.45) is 10.8 Å². The minimum Gasteiger partial charge on any atom is -0.345 e. The lowest BCUT2D eigenvalue weighted by Crippen LogP contribution is -2.26. The van der Waals surface area contributed by atoms with Gasteiger partial charge in [0, 0.05) is 64.0 Å². The zero-order chi connectivity index (χ0) is 54.5. The van der Waals surface area contributed by atoms with Crippen LogP contribution in [0.4, 0.5) is 11.4 Å². The molecule has 0 radical (unpaired) electrons. The average molecular weight is 1050 g/mol. The van der Waals surface area contributed by atoms with Crippen LogP contribution in [0.15, 0.2) is 254 Å². The van der Waals surface area contributed by atoms with Crippen molar-refractivity contribution in [3.05, 3.63) is 260 Å². The summed E-state index contributed by atoms with van der Waals surface area (Å²) < 4.78 is 0. The molecule has 2 saturated carbocycles. The largest absolute Gasteiger partial charge is 0.345 e. The third kappa shape index (κ3) is 9.73. The van der Waals surface area contributed by atoms with Gasteiger partial charge in [-0.2, -0.15) is 0 Å². The monoisotopic (exact) mass is 1050 g/mol. The Morgan fingerprint density at radius 3 is 1.14 bits per heavy atom. The Morgan fingerprint density at radius 1 is 0.309 bits per heavy atom. The fraction of sp³-hybridized carbons (Fsp3) is 0.192. The second-order valence-corrected chi connectivity index (χ2v) is 23.8. The maximum atomic E-state index is 5.23. The second kappa shape index (κ2) is 21.0. The molecule has 14 rings (SSSR count). The van der Waals surface area contributed by atoms with E-state index in [1.54, 1.807) is 0 Å².